The largest absolute Gasteiger partial charge is 0.453 e. The number of methoxy groups -OCH3 is 2. The molecule has 0 saturated carbocycles. The predicted molar refractivity (Wildman–Crippen MR) is 27.9 cm³/mol. The van der Waals surface area contributed by atoms with Gasteiger partial charge >= 0.3 is 12.2 Å². The second kappa shape index (κ2) is 3.71. The van der Waals surface area contributed by atoms with Crippen LogP contribution in [-0.2, 0) is 9.47 Å². The Hall–Kier alpha value is -1.26. The summed E-state index contributed by atoms with van der Waals surface area (Å²) in [6.07, 6.45) is -1.66. The summed E-state index contributed by atoms with van der Waals surface area (Å²) in [6.45, 7) is 0. The van der Waals surface area contributed by atoms with E-state index in [2.05, 4.69) is 9.47 Å². The maximum absolute atomic E-state index is 10.1. The number of alkyl carbamates (subject to hydrolysis) is 2. The summed E-state index contributed by atoms with van der Waals surface area (Å²) in [4.78, 5) is 20.3. The lowest BCUT2D eigenvalue weighted by atomic mass is 11.0. The number of rotatable bonds is 0. The molecule has 0 spiro atoms. The Morgan fingerprint density at radius 3 is 1.67 bits per heavy atom. The number of ether oxygens (including phenoxy) is 2. The first-order valence-corrected chi connectivity index (χ1v) is 2.13. The number of carbonyl (C=O) groups is 2. The van der Waals surface area contributed by atoms with E-state index < -0.39 is 12.2 Å². The van der Waals surface area contributed by atoms with Gasteiger partial charge in [-0.3, -0.25) is 0 Å². The van der Waals surface area contributed by atoms with E-state index in [9.17, 15) is 9.59 Å². The number of imide groups is 1. The number of hydrogen-bond acceptors (Lipinski definition) is 4. The normalized spacial score (nSPS) is 7.78. The SMILES string of the molecule is COC(=O)NC(=O)OC. The molecular weight excluding hydrogens is 126 g/mol. The molecule has 2 amide bonds. The highest BCUT2D eigenvalue weighted by Crippen LogP contribution is 1.73. The van der Waals surface area contributed by atoms with E-state index >= 15 is 0 Å². The van der Waals surface area contributed by atoms with Crippen molar-refractivity contribution in [2.75, 3.05) is 14.2 Å². The van der Waals surface area contributed by atoms with Gasteiger partial charge in [0.15, 0.2) is 0 Å². The topological polar surface area (TPSA) is 64.6 Å². The van der Waals surface area contributed by atoms with Gasteiger partial charge in [0.1, 0.15) is 0 Å². The maximum Gasteiger partial charge on any atom is 0.416 e. The molecule has 0 aromatic heterocycles. The molecule has 0 radical (unpaired) electrons. The van der Waals surface area contributed by atoms with Crippen molar-refractivity contribution in [2.45, 2.75) is 0 Å². The van der Waals surface area contributed by atoms with Crippen molar-refractivity contribution in [1.29, 1.82) is 0 Å². The Labute approximate surface area is 51.9 Å². The van der Waals surface area contributed by atoms with Crippen molar-refractivity contribution in [3.63, 3.8) is 0 Å². The highest BCUT2D eigenvalue weighted by molar-refractivity contribution is 5.87. The average Bonchev–Trinajstić information content (AvgIpc) is 1.87. The lowest BCUT2D eigenvalue weighted by molar-refractivity contribution is 0.149. The van der Waals surface area contributed by atoms with Gasteiger partial charge in [-0.25, -0.2) is 14.9 Å². The van der Waals surface area contributed by atoms with E-state index in [0.717, 1.165) is 14.2 Å². The second-order valence-corrected chi connectivity index (χ2v) is 1.11. The third kappa shape index (κ3) is 3.33. The van der Waals surface area contributed by atoms with Crippen LogP contribution in [0.2, 0.25) is 0 Å². The van der Waals surface area contributed by atoms with E-state index in [1.54, 1.807) is 5.32 Å². The maximum atomic E-state index is 10.1. The molecule has 0 bridgehead atoms. The summed E-state index contributed by atoms with van der Waals surface area (Å²) >= 11 is 0. The highest BCUT2D eigenvalue weighted by atomic mass is 16.6. The summed E-state index contributed by atoms with van der Waals surface area (Å²) < 4.78 is 8.14. The van der Waals surface area contributed by atoms with Gasteiger partial charge in [-0.05, 0) is 0 Å². The molecule has 5 heteroatoms. The van der Waals surface area contributed by atoms with E-state index in [1.165, 1.54) is 0 Å². The fraction of sp³-hybridized carbons (Fsp3) is 0.500. The quantitative estimate of drug-likeness (QED) is 0.509. The standard InChI is InChI=1S/C4H7NO4/c1-8-3(6)5-4(7)9-2/h1-2H3,(H,5,6,7). The summed E-state index contributed by atoms with van der Waals surface area (Å²) in [5.74, 6) is 0. The highest BCUT2D eigenvalue weighted by Gasteiger charge is 2.04. The monoisotopic (exact) mass is 133 g/mol. The van der Waals surface area contributed by atoms with E-state index in [4.69, 9.17) is 0 Å². The number of amides is 2. The minimum Gasteiger partial charge on any atom is -0.453 e. The van der Waals surface area contributed by atoms with Crippen molar-refractivity contribution in [3.8, 4) is 0 Å². The minimum absolute atomic E-state index is 0.832. The molecule has 0 rings (SSSR count). The molecule has 0 aromatic carbocycles. The van der Waals surface area contributed by atoms with Crippen molar-refractivity contribution in [2.24, 2.45) is 0 Å². The number of hydrogen-bond donors (Lipinski definition) is 1. The van der Waals surface area contributed by atoms with Gasteiger partial charge in [0.2, 0.25) is 0 Å². The van der Waals surface area contributed by atoms with Gasteiger partial charge in [0.25, 0.3) is 0 Å². The summed E-state index contributed by atoms with van der Waals surface area (Å²) in [5.41, 5.74) is 0. The van der Waals surface area contributed by atoms with Crippen molar-refractivity contribution < 1.29 is 19.1 Å². The van der Waals surface area contributed by atoms with Crippen LogP contribution >= 0.6 is 0 Å². The zero-order valence-electron chi connectivity index (χ0n) is 5.13. The smallest absolute Gasteiger partial charge is 0.416 e. The van der Waals surface area contributed by atoms with Crippen LogP contribution in [0.5, 0.6) is 0 Å². The van der Waals surface area contributed by atoms with Gasteiger partial charge in [0, 0.05) is 0 Å². The van der Waals surface area contributed by atoms with Crippen molar-refractivity contribution in [1.82, 2.24) is 5.32 Å². The van der Waals surface area contributed by atoms with Crippen LogP contribution in [0.3, 0.4) is 0 Å². The lowest BCUT2D eigenvalue weighted by Gasteiger charge is -1.97. The molecule has 0 aromatic rings. The fourth-order valence-corrected chi connectivity index (χ4v) is 0.185. The molecule has 0 aliphatic heterocycles. The van der Waals surface area contributed by atoms with Crippen molar-refractivity contribution in [3.05, 3.63) is 0 Å². The van der Waals surface area contributed by atoms with Crippen molar-refractivity contribution >= 4 is 12.2 Å². The Bertz CT molecular complexity index is 108. The average molecular weight is 133 g/mol. The second-order valence-electron chi connectivity index (χ2n) is 1.11. The third-order valence-corrected chi connectivity index (χ3v) is 0.575. The molecule has 52 valence electrons. The van der Waals surface area contributed by atoms with E-state index in [1.807, 2.05) is 0 Å². The molecule has 5 nitrogen and oxygen atoms in total. The summed E-state index contributed by atoms with van der Waals surface area (Å²) in [5, 5.41) is 1.76. The molecule has 0 atom stereocenters. The molecule has 9 heavy (non-hydrogen) atoms. The van der Waals surface area contributed by atoms with Gasteiger partial charge < -0.3 is 9.47 Å². The molecule has 1 N–H and O–H groups in total. The van der Waals surface area contributed by atoms with Gasteiger partial charge in [-0.2, -0.15) is 0 Å². The molecule has 0 heterocycles. The Morgan fingerprint density at radius 2 is 1.44 bits per heavy atom. The molecule has 0 unspecified atom stereocenters. The van der Waals surface area contributed by atoms with Crippen LogP contribution in [0, 0.1) is 0 Å². The number of nitrogens with one attached hydrogen (secondary N) is 1. The van der Waals surface area contributed by atoms with Crippen LogP contribution in [0.15, 0.2) is 0 Å². The van der Waals surface area contributed by atoms with Gasteiger partial charge in [0.05, 0.1) is 14.2 Å². The summed E-state index contributed by atoms with van der Waals surface area (Å²) in [6, 6.07) is 0. The first kappa shape index (κ1) is 7.74. The third-order valence-electron chi connectivity index (χ3n) is 0.575. The van der Waals surface area contributed by atoms with Crippen LogP contribution in [0.4, 0.5) is 9.59 Å². The van der Waals surface area contributed by atoms with Crippen LogP contribution in [0.1, 0.15) is 0 Å². The minimum atomic E-state index is -0.832. The Balaban J connectivity index is 3.47. The molecule has 0 saturated heterocycles. The summed E-state index contributed by atoms with van der Waals surface area (Å²) in [7, 11) is 2.30. The number of carbonyl (C=O) groups excluding carboxylic acids is 2. The Kier molecular flexibility index (Phi) is 3.19. The van der Waals surface area contributed by atoms with Crippen LogP contribution in [-0.4, -0.2) is 26.4 Å². The first-order chi connectivity index (χ1) is 4.20. The van der Waals surface area contributed by atoms with Crippen LogP contribution in [0.25, 0.3) is 0 Å². The molecule has 0 fully saturated rings. The van der Waals surface area contributed by atoms with E-state index in [0.29, 0.717) is 0 Å². The first-order valence-electron chi connectivity index (χ1n) is 2.13. The van der Waals surface area contributed by atoms with Gasteiger partial charge in [-0.1, -0.05) is 0 Å². The molecule has 0 aliphatic carbocycles. The van der Waals surface area contributed by atoms with Crippen LogP contribution < -0.4 is 5.32 Å². The molecule has 0 aliphatic rings. The van der Waals surface area contributed by atoms with E-state index in [-0.39, 0.29) is 0 Å². The lowest BCUT2D eigenvalue weighted by Crippen LogP contribution is -2.29. The Morgan fingerprint density at radius 1 is 1.11 bits per heavy atom. The predicted octanol–water partition coefficient (Wildman–Crippen LogP) is 0.109. The zero-order chi connectivity index (χ0) is 7.28. The molecular formula is C4H7NO4. The zero-order valence-corrected chi connectivity index (χ0v) is 5.13. The fourth-order valence-electron chi connectivity index (χ4n) is 0.185. The van der Waals surface area contributed by atoms with Gasteiger partial charge in [-0.15, -0.1) is 0 Å².